The van der Waals surface area contributed by atoms with Crippen LogP contribution in [0.1, 0.15) is 30.5 Å². The van der Waals surface area contributed by atoms with Gasteiger partial charge in [-0.25, -0.2) is 8.42 Å². The van der Waals surface area contributed by atoms with Crippen LogP contribution in [0.5, 0.6) is 0 Å². The van der Waals surface area contributed by atoms with Gasteiger partial charge in [-0.2, -0.15) is 0 Å². The van der Waals surface area contributed by atoms with Gasteiger partial charge in [0.25, 0.3) is 10.0 Å². The molecule has 0 radical (unpaired) electrons. The molecule has 8 heteroatoms. The maximum Gasteiger partial charge on any atom is 0.264 e. The molecule has 0 aliphatic rings. The number of amides is 2. The predicted octanol–water partition coefficient (Wildman–Crippen LogP) is 4.05. The molecule has 0 aliphatic heterocycles. The number of sulfonamides is 1. The molecule has 2 amide bonds. The van der Waals surface area contributed by atoms with E-state index in [0.29, 0.717) is 17.8 Å². The van der Waals surface area contributed by atoms with E-state index in [-0.39, 0.29) is 17.3 Å². The molecular formula is C28H33N3O4S. The standard InChI is InChI=1S/C28H33N3O4S/c1-5-29-28(33)23(4)30(19-24-15-11-9-13-21(24)2)27(32)20-31(26-18-12-10-14-22(26)3)36(34,35)25-16-7-6-8-17-25/h6-18,23H,5,19-20H2,1-4H3,(H,29,33). The molecule has 0 saturated carbocycles. The van der Waals surface area contributed by atoms with Gasteiger partial charge < -0.3 is 10.2 Å². The summed E-state index contributed by atoms with van der Waals surface area (Å²) in [5.41, 5.74) is 2.99. The van der Waals surface area contributed by atoms with Crippen molar-refractivity contribution in [3.8, 4) is 0 Å². The van der Waals surface area contributed by atoms with E-state index in [4.69, 9.17) is 0 Å². The first kappa shape index (κ1) is 26.9. The van der Waals surface area contributed by atoms with E-state index in [9.17, 15) is 18.0 Å². The number of anilines is 1. The summed E-state index contributed by atoms with van der Waals surface area (Å²) in [4.78, 5) is 28.1. The largest absolute Gasteiger partial charge is 0.355 e. The Balaban J connectivity index is 2.04. The fourth-order valence-electron chi connectivity index (χ4n) is 3.95. The van der Waals surface area contributed by atoms with Crippen LogP contribution >= 0.6 is 0 Å². The molecule has 0 heterocycles. The highest BCUT2D eigenvalue weighted by atomic mass is 32.2. The lowest BCUT2D eigenvalue weighted by molar-refractivity contribution is -0.139. The molecule has 0 fully saturated rings. The Morgan fingerprint density at radius 1 is 0.861 bits per heavy atom. The molecule has 3 aromatic rings. The summed E-state index contributed by atoms with van der Waals surface area (Å²) in [6.45, 7) is 7.36. The minimum atomic E-state index is -4.06. The van der Waals surface area contributed by atoms with Crippen molar-refractivity contribution in [2.45, 2.75) is 45.2 Å². The predicted molar refractivity (Wildman–Crippen MR) is 142 cm³/mol. The fraction of sp³-hybridized carbons (Fsp3) is 0.286. The third kappa shape index (κ3) is 6.12. The lowest BCUT2D eigenvalue weighted by Crippen LogP contribution is -2.51. The molecule has 1 N–H and O–H groups in total. The number of likely N-dealkylation sites (N-methyl/N-ethyl adjacent to an activating group) is 1. The van der Waals surface area contributed by atoms with Crippen LogP contribution < -0.4 is 9.62 Å². The van der Waals surface area contributed by atoms with Gasteiger partial charge in [-0.3, -0.25) is 13.9 Å². The van der Waals surface area contributed by atoms with Crippen LogP contribution in [0.2, 0.25) is 0 Å². The number of rotatable bonds is 10. The molecule has 7 nitrogen and oxygen atoms in total. The smallest absolute Gasteiger partial charge is 0.264 e. The molecule has 0 aliphatic carbocycles. The highest BCUT2D eigenvalue weighted by molar-refractivity contribution is 7.92. The van der Waals surface area contributed by atoms with Crippen LogP contribution in [0.4, 0.5) is 5.69 Å². The number of aryl methyl sites for hydroxylation is 2. The minimum absolute atomic E-state index is 0.0864. The zero-order chi connectivity index (χ0) is 26.3. The highest BCUT2D eigenvalue weighted by Crippen LogP contribution is 2.27. The Kier molecular flexibility index (Phi) is 8.88. The molecule has 36 heavy (non-hydrogen) atoms. The van der Waals surface area contributed by atoms with Gasteiger partial charge in [-0.15, -0.1) is 0 Å². The number of hydrogen-bond donors (Lipinski definition) is 1. The van der Waals surface area contributed by atoms with E-state index in [1.165, 1.54) is 17.0 Å². The van der Waals surface area contributed by atoms with E-state index in [1.54, 1.807) is 50.2 Å². The van der Waals surface area contributed by atoms with E-state index >= 15 is 0 Å². The van der Waals surface area contributed by atoms with Crippen molar-refractivity contribution in [1.29, 1.82) is 0 Å². The molecule has 190 valence electrons. The average Bonchev–Trinajstić information content (AvgIpc) is 2.87. The Hall–Kier alpha value is -3.65. The van der Waals surface area contributed by atoms with Crippen molar-refractivity contribution in [2.75, 3.05) is 17.4 Å². The Labute approximate surface area is 213 Å². The summed E-state index contributed by atoms with van der Waals surface area (Å²) in [5.74, 6) is -0.771. The monoisotopic (exact) mass is 507 g/mol. The van der Waals surface area contributed by atoms with Crippen LogP contribution in [-0.2, 0) is 26.2 Å². The fourth-order valence-corrected chi connectivity index (χ4v) is 5.45. The van der Waals surface area contributed by atoms with Gasteiger partial charge in [0.1, 0.15) is 12.6 Å². The van der Waals surface area contributed by atoms with Crippen LogP contribution in [-0.4, -0.2) is 44.3 Å². The second-order valence-electron chi connectivity index (χ2n) is 8.63. The second-order valence-corrected chi connectivity index (χ2v) is 10.5. The third-order valence-corrected chi connectivity index (χ3v) is 7.89. The highest BCUT2D eigenvalue weighted by Gasteiger charge is 2.33. The first-order valence-corrected chi connectivity index (χ1v) is 13.4. The van der Waals surface area contributed by atoms with Crippen molar-refractivity contribution in [3.05, 3.63) is 95.6 Å². The minimum Gasteiger partial charge on any atom is -0.355 e. The summed E-state index contributed by atoms with van der Waals surface area (Å²) >= 11 is 0. The maximum atomic E-state index is 13.8. The van der Waals surface area contributed by atoms with Crippen molar-refractivity contribution in [1.82, 2.24) is 10.2 Å². The molecule has 0 saturated heterocycles. The topological polar surface area (TPSA) is 86.8 Å². The molecule has 1 atom stereocenters. The number of benzene rings is 3. The van der Waals surface area contributed by atoms with E-state index in [2.05, 4.69) is 5.32 Å². The first-order chi connectivity index (χ1) is 17.2. The van der Waals surface area contributed by atoms with E-state index in [0.717, 1.165) is 15.4 Å². The normalized spacial score (nSPS) is 12.0. The Bertz CT molecular complexity index is 1310. The molecule has 3 rings (SSSR count). The lowest BCUT2D eigenvalue weighted by atomic mass is 10.1. The first-order valence-electron chi connectivity index (χ1n) is 11.9. The molecule has 0 bridgehead atoms. The summed E-state index contributed by atoms with van der Waals surface area (Å²) in [6, 6.07) is 21.9. The number of nitrogens with one attached hydrogen (secondary N) is 1. The SMILES string of the molecule is CCNC(=O)C(C)N(Cc1ccccc1C)C(=O)CN(c1ccccc1C)S(=O)(=O)c1ccccc1. The van der Waals surface area contributed by atoms with Crippen LogP contribution in [0.15, 0.2) is 83.8 Å². The molecule has 0 aromatic heterocycles. The van der Waals surface area contributed by atoms with E-state index in [1.807, 2.05) is 44.2 Å². The summed E-state index contributed by atoms with van der Waals surface area (Å²) in [5, 5.41) is 2.77. The van der Waals surface area contributed by atoms with Gasteiger partial charge in [0.15, 0.2) is 0 Å². The summed E-state index contributed by atoms with van der Waals surface area (Å²) < 4.78 is 28.6. The van der Waals surface area contributed by atoms with Gasteiger partial charge in [0.05, 0.1) is 10.6 Å². The van der Waals surface area contributed by atoms with Gasteiger partial charge in [0.2, 0.25) is 11.8 Å². The molecule has 3 aromatic carbocycles. The van der Waals surface area contributed by atoms with Crippen LogP contribution in [0.25, 0.3) is 0 Å². The van der Waals surface area contributed by atoms with Gasteiger partial charge >= 0.3 is 0 Å². The lowest BCUT2D eigenvalue weighted by Gasteiger charge is -2.32. The second kappa shape index (κ2) is 11.9. The van der Waals surface area contributed by atoms with Crippen molar-refractivity contribution in [2.24, 2.45) is 0 Å². The maximum absolute atomic E-state index is 13.8. The third-order valence-electron chi connectivity index (χ3n) is 6.11. The summed E-state index contributed by atoms with van der Waals surface area (Å²) in [6.07, 6.45) is 0. The number of carbonyl (C=O) groups is 2. The van der Waals surface area contributed by atoms with Gasteiger partial charge in [-0.1, -0.05) is 60.7 Å². The number of carbonyl (C=O) groups excluding carboxylic acids is 2. The quantitative estimate of drug-likeness (QED) is 0.449. The molecular weight excluding hydrogens is 474 g/mol. The summed E-state index contributed by atoms with van der Waals surface area (Å²) in [7, 11) is -4.06. The molecule has 0 spiro atoms. The zero-order valence-corrected chi connectivity index (χ0v) is 22.0. The van der Waals surface area contributed by atoms with Crippen molar-refractivity contribution < 1.29 is 18.0 Å². The Morgan fingerprint density at radius 2 is 1.44 bits per heavy atom. The van der Waals surface area contributed by atoms with E-state index < -0.39 is 28.5 Å². The molecule has 1 unspecified atom stereocenters. The number of hydrogen-bond acceptors (Lipinski definition) is 4. The zero-order valence-electron chi connectivity index (χ0n) is 21.1. The van der Waals surface area contributed by atoms with Crippen LogP contribution in [0.3, 0.4) is 0 Å². The van der Waals surface area contributed by atoms with Crippen LogP contribution in [0, 0.1) is 13.8 Å². The number of para-hydroxylation sites is 1. The van der Waals surface area contributed by atoms with Gasteiger partial charge in [-0.05, 0) is 62.6 Å². The average molecular weight is 508 g/mol. The Morgan fingerprint density at radius 3 is 2.06 bits per heavy atom. The van der Waals surface area contributed by atoms with Crippen molar-refractivity contribution >= 4 is 27.5 Å². The van der Waals surface area contributed by atoms with Crippen molar-refractivity contribution in [3.63, 3.8) is 0 Å². The number of nitrogens with zero attached hydrogens (tertiary/aromatic N) is 2. The van der Waals surface area contributed by atoms with Gasteiger partial charge in [0, 0.05) is 13.1 Å².